The molecule has 4 atom stereocenters. The van der Waals surface area contributed by atoms with E-state index in [2.05, 4.69) is 6.07 Å². The molecule has 1 radical (unpaired) electrons. The van der Waals surface area contributed by atoms with E-state index in [-0.39, 0.29) is 54.6 Å². The van der Waals surface area contributed by atoms with E-state index in [9.17, 15) is 44.4 Å². The molecule has 0 unspecified atom stereocenters. The van der Waals surface area contributed by atoms with Crippen molar-refractivity contribution in [3.05, 3.63) is 66.7 Å². The van der Waals surface area contributed by atoms with Gasteiger partial charge in [0.2, 0.25) is 5.78 Å². The molecule has 6 N–H and O–H groups in total. The number of carbonyl (C=O) groups excluding carboxylic acids is 3. The van der Waals surface area contributed by atoms with Gasteiger partial charge in [-0.25, -0.2) is 0 Å². The third-order valence-corrected chi connectivity index (χ3v) is 7.55. The number of phenolic OH excluding ortho intramolecular Hbond substituents is 1. The molecule has 1 saturated carbocycles. The molecule has 11 nitrogen and oxygen atoms in total. The van der Waals surface area contributed by atoms with Crippen LogP contribution in [-0.2, 0) is 40.3 Å². The summed E-state index contributed by atoms with van der Waals surface area (Å²) in [6.45, 7) is 0. The molecule has 0 saturated heterocycles. The van der Waals surface area contributed by atoms with Crippen LogP contribution in [0.25, 0.3) is 16.9 Å². The molecule has 0 bridgehead atoms. The second kappa shape index (κ2) is 8.54. The van der Waals surface area contributed by atoms with Crippen molar-refractivity contribution in [1.29, 1.82) is 0 Å². The molecule has 5 rings (SSSR count). The first kappa shape index (κ1) is 26.6. The summed E-state index contributed by atoms with van der Waals surface area (Å²) in [5.41, 5.74) is 0.165. The van der Waals surface area contributed by atoms with Crippen LogP contribution in [0.5, 0.6) is 5.75 Å². The number of rotatable bonds is 3. The summed E-state index contributed by atoms with van der Waals surface area (Å²) in [4.78, 5) is 63.8. The Hall–Kier alpha value is -3.47. The Morgan fingerprint density at radius 3 is 2.32 bits per heavy atom. The molecule has 0 aliphatic heterocycles. The molecule has 12 heteroatoms. The standard InChI is InChI=1S/C25H21N2O9.Rh/c1-27(2)18-12-6-8-5-10-9(11-7-14(29)19(11)30)3-4-13(28)16(10)20(31)15(8)22(33)25(12,36)23(34)17(21(18)32)24(26)35;/h3-4,8,12,18,28,31,34,36H,5-6H2,1-2H3,(H2,26,35);/q-1;/t8-,12-,18-,25-;/m0./s1. The summed E-state index contributed by atoms with van der Waals surface area (Å²) < 4.78 is 0. The number of ketones is 2. The van der Waals surface area contributed by atoms with Crippen molar-refractivity contribution in [2.75, 3.05) is 14.1 Å². The fourth-order valence-electron chi connectivity index (χ4n) is 5.95. The van der Waals surface area contributed by atoms with Crippen molar-refractivity contribution >= 4 is 23.2 Å². The second-order valence-electron chi connectivity index (χ2n) is 9.61. The molecule has 0 heterocycles. The summed E-state index contributed by atoms with van der Waals surface area (Å²) in [5, 5.41) is 44.0. The Kier molecular flexibility index (Phi) is 6.14. The van der Waals surface area contributed by atoms with Crippen LogP contribution in [0.15, 0.2) is 38.6 Å². The smallest absolute Gasteiger partial charge is 0.255 e. The summed E-state index contributed by atoms with van der Waals surface area (Å²) >= 11 is 0. The van der Waals surface area contributed by atoms with Crippen LogP contribution < -0.4 is 16.6 Å². The molecular weight excluding hydrogens is 575 g/mol. The number of phenols is 1. The van der Waals surface area contributed by atoms with Crippen LogP contribution in [0.2, 0.25) is 0 Å². The number of likely N-dealkylation sites (N-methyl/N-ethyl adjacent to an activating group) is 1. The average Bonchev–Trinajstić information content (AvgIpc) is 2.79. The Morgan fingerprint density at radius 1 is 1.14 bits per heavy atom. The van der Waals surface area contributed by atoms with Gasteiger partial charge in [0.25, 0.3) is 5.91 Å². The summed E-state index contributed by atoms with van der Waals surface area (Å²) in [5.74, 6) is -7.57. The van der Waals surface area contributed by atoms with Crippen molar-refractivity contribution < 1.29 is 54.3 Å². The maximum Gasteiger partial charge on any atom is 0.255 e. The molecule has 195 valence electrons. The molecule has 2 aromatic carbocycles. The van der Waals surface area contributed by atoms with Crippen LogP contribution >= 0.6 is 0 Å². The van der Waals surface area contributed by atoms with Gasteiger partial charge in [-0.3, -0.25) is 19.3 Å². The third-order valence-electron chi connectivity index (χ3n) is 7.55. The molecule has 3 aliphatic carbocycles. The Labute approximate surface area is 222 Å². The van der Waals surface area contributed by atoms with E-state index < -0.39 is 74.7 Å². The van der Waals surface area contributed by atoms with E-state index in [4.69, 9.17) is 5.73 Å². The van der Waals surface area contributed by atoms with Crippen LogP contribution in [0, 0.1) is 17.9 Å². The number of benzene rings is 1. The van der Waals surface area contributed by atoms with Crippen molar-refractivity contribution in [2.24, 2.45) is 17.6 Å². The van der Waals surface area contributed by atoms with Crippen LogP contribution in [0.1, 0.15) is 17.5 Å². The summed E-state index contributed by atoms with van der Waals surface area (Å²) in [6, 6.07) is 3.77. The van der Waals surface area contributed by atoms with Gasteiger partial charge >= 0.3 is 0 Å². The molecule has 0 aromatic heterocycles. The number of primary amides is 1. The van der Waals surface area contributed by atoms with E-state index in [1.165, 1.54) is 31.1 Å². The van der Waals surface area contributed by atoms with E-state index in [1.54, 1.807) is 0 Å². The molecular formula is C25H21N2O9Rh-. The number of aliphatic hydroxyl groups excluding tert-OH is 2. The number of carbonyl (C=O) groups is 3. The molecule has 1 fully saturated rings. The van der Waals surface area contributed by atoms with Crippen LogP contribution in [0.4, 0.5) is 0 Å². The van der Waals surface area contributed by atoms with Gasteiger partial charge in [-0.05, 0) is 38.9 Å². The Morgan fingerprint density at radius 2 is 1.78 bits per heavy atom. The summed E-state index contributed by atoms with van der Waals surface area (Å²) in [7, 11) is 3.01. The topological polar surface area (TPSA) is 196 Å². The zero-order valence-corrected chi connectivity index (χ0v) is 21.1. The maximum absolute atomic E-state index is 13.7. The van der Waals surface area contributed by atoms with Gasteiger partial charge in [0.05, 0.1) is 11.6 Å². The van der Waals surface area contributed by atoms with Crippen LogP contribution in [0.3, 0.4) is 0 Å². The monoisotopic (exact) mass is 596 g/mol. The van der Waals surface area contributed by atoms with Gasteiger partial charge in [0.1, 0.15) is 33.7 Å². The molecule has 2 aromatic rings. The average molecular weight is 596 g/mol. The molecule has 0 spiro atoms. The van der Waals surface area contributed by atoms with Gasteiger partial charge in [-0.2, -0.15) is 0 Å². The van der Waals surface area contributed by atoms with E-state index in [1.807, 2.05) is 0 Å². The Balaban J connectivity index is 0.00000320. The van der Waals surface area contributed by atoms with E-state index in [0.717, 1.165) is 0 Å². The summed E-state index contributed by atoms with van der Waals surface area (Å²) in [6.07, 6.45) is -0.0819. The number of aliphatic hydroxyl groups is 3. The fraction of sp³-hybridized carbons (Fsp3) is 0.320. The van der Waals surface area contributed by atoms with Gasteiger partial charge in [-0.15, -0.1) is 0 Å². The van der Waals surface area contributed by atoms with Crippen molar-refractivity contribution in [3.63, 3.8) is 0 Å². The first-order chi connectivity index (χ1) is 16.8. The molecule has 37 heavy (non-hydrogen) atoms. The van der Waals surface area contributed by atoms with Crippen molar-refractivity contribution in [1.82, 2.24) is 4.90 Å². The minimum atomic E-state index is -2.73. The molecule has 1 amide bonds. The quantitative estimate of drug-likeness (QED) is 0.127. The Bertz CT molecular complexity index is 1550. The largest absolute Gasteiger partial charge is 0.508 e. The number of fused-ring (bicyclic) bond motifs is 3. The van der Waals surface area contributed by atoms with Gasteiger partial charge in [-0.1, -0.05) is 28.8 Å². The number of amides is 1. The normalized spacial score (nSPS) is 27.1. The predicted octanol–water partition coefficient (Wildman–Crippen LogP) is -0.975. The number of hydrogen-bond donors (Lipinski definition) is 5. The van der Waals surface area contributed by atoms with E-state index >= 15 is 0 Å². The van der Waals surface area contributed by atoms with Gasteiger partial charge < -0.3 is 35.7 Å². The zero-order valence-electron chi connectivity index (χ0n) is 19.5. The van der Waals surface area contributed by atoms with Gasteiger partial charge in [0, 0.05) is 31.0 Å². The number of aromatic hydroxyl groups is 1. The predicted molar refractivity (Wildman–Crippen MR) is 123 cm³/mol. The first-order valence-corrected chi connectivity index (χ1v) is 11.0. The maximum atomic E-state index is 13.7. The first-order valence-electron chi connectivity index (χ1n) is 11.0. The van der Waals surface area contributed by atoms with Crippen molar-refractivity contribution in [2.45, 2.75) is 24.5 Å². The van der Waals surface area contributed by atoms with Crippen molar-refractivity contribution in [3.8, 4) is 16.9 Å². The minimum Gasteiger partial charge on any atom is -0.508 e. The number of hydrogen-bond acceptors (Lipinski definition) is 10. The number of Topliss-reactive ketones (excluding diaryl/α,β-unsaturated/α-hetero) is 2. The number of nitrogens with two attached hydrogens (primary N) is 1. The van der Waals surface area contributed by atoms with E-state index in [0.29, 0.717) is 5.56 Å². The van der Waals surface area contributed by atoms with Gasteiger partial charge in [0.15, 0.2) is 11.4 Å². The fourth-order valence-corrected chi connectivity index (χ4v) is 5.95. The zero-order chi connectivity index (χ0) is 26.4. The van der Waals surface area contributed by atoms with Crippen LogP contribution in [-0.4, -0.2) is 68.5 Å². The molecule has 3 aliphatic rings. The third kappa shape index (κ3) is 3.32. The SMILES string of the molecule is CN(C)[C@@H]1C(=O)C(C(N)=O)=C(O)[C@@]2(O)C(=O)C3=C(O)c4c(O)ccc(-c5[c-]c(=O)c5=O)c4C[C@H]3C[C@@H]12.[Rh]. The minimum absolute atomic E-state index is 0. The second-order valence-corrected chi connectivity index (χ2v) is 9.61. The number of nitrogens with zero attached hydrogens (tertiary/aromatic N) is 1.